The smallest absolute Gasteiger partial charge is 0.424 e. The molecule has 3 nitrogen and oxygen atoms in total. The lowest BCUT2D eigenvalue weighted by Gasteiger charge is -2.33. The van der Waals surface area contributed by atoms with E-state index in [1.807, 2.05) is 0 Å². The predicted octanol–water partition coefficient (Wildman–Crippen LogP) is 3.06. The molecule has 8 heteroatoms. The molecule has 0 aliphatic rings. The molecule has 0 spiro atoms. The largest absolute Gasteiger partial charge is 0.469 e. The van der Waals surface area contributed by atoms with Crippen LogP contribution in [0, 0.1) is 5.41 Å². The third-order valence-corrected chi connectivity index (χ3v) is 3.33. The average molecular weight is 311 g/mol. The highest BCUT2D eigenvalue weighted by molar-refractivity contribution is 6.49. The highest BCUT2D eigenvalue weighted by Gasteiger charge is 2.58. The van der Waals surface area contributed by atoms with Crippen molar-refractivity contribution in [3.8, 4) is 0 Å². The standard InChI is InChI=1S/C10H15Cl2F3O3/c1-8(2,5-7(17)18-3)4-6(16)9(11,12)10(13,14)15/h6,16H,4-5H2,1-3H3. The van der Waals surface area contributed by atoms with Gasteiger partial charge in [-0.05, 0) is 11.8 Å². The van der Waals surface area contributed by atoms with Crippen molar-refractivity contribution in [2.24, 2.45) is 5.41 Å². The van der Waals surface area contributed by atoms with Crippen LogP contribution in [-0.4, -0.2) is 34.8 Å². The van der Waals surface area contributed by atoms with Gasteiger partial charge in [0, 0.05) is 0 Å². The Morgan fingerprint density at radius 2 is 1.78 bits per heavy atom. The van der Waals surface area contributed by atoms with Crippen LogP contribution in [0.4, 0.5) is 13.2 Å². The summed E-state index contributed by atoms with van der Waals surface area (Å²) in [6.07, 6.45) is -7.55. The van der Waals surface area contributed by atoms with E-state index in [0.29, 0.717) is 0 Å². The summed E-state index contributed by atoms with van der Waals surface area (Å²) in [4.78, 5) is 11.1. The predicted molar refractivity (Wildman–Crippen MR) is 61.5 cm³/mol. The van der Waals surface area contributed by atoms with E-state index in [1.54, 1.807) is 0 Å². The van der Waals surface area contributed by atoms with Crippen LogP contribution < -0.4 is 0 Å². The summed E-state index contributed by atoms with van der Waals surface area (Å²) >= 11 is 10.2. The summed E-state index contributed by atoms with van der Waals surface area (Å²) in [6.45, 7) is 3.01. The van der Waals surface area contributed by atoms with Crippen LogP contribution in [0.1, 0.15) is 26.7 Å². The van der Waals surface area contributed by atoms with Gasteiger partial charge >= 0.3 is 12.1 Å². The second-order valence-corrected chi connectivity index (χ2v) is 6.14. The molecule has 108 valence electrons. The summed E-state index contributed by atoms with van der Waals surface area (Å²) in [7, 11) is 1.16. The van der Waals surface area contributed by atoms with E-state index in [9.17, 15) is 23.1 Å². The van der Waals surface area contributed by atoms with Gasteiger partial charge < -0.3 is 9.84 Å². The molecule has 18 heavy (non-hydrogen) atoms. The first-order valence-electron chi connectivity index (χ1n) is 5.03. The number of aliphatic hydroxyl groups excluding tert-OH is 1. The maximum Gasteiger partial charge on any atom is 0.424 e. The minimum Gasteiger partial charge on any atom is -0.469 e. The van der Waals surface area contributed by atoms with Gasteiger partial charge in [0.2, 0.25) is 4.33 Å². The van der Waals surface area contributed by atoms with E-state index in [0.717, 1.165) is 7.11 Å². The average Bonchev–Trinajstić information content (AvgIpc) is 2.13. The Bertz CT molecular complexity index is 303. The first-order valence-corrected chi connectivity index (χ1v) is 5.78. The Balaban J connectivity index is 4.74. The first kappa shape index (κ1) is 17.8. The second-order valence-electron chi connectivity index (χ2n) is 4.76. The zero-order valence-electron chi connectivity index (χ0n) is 10.1. The molecule has 1 N–H and O–H groups in total. The zero-order chi connectivity index (χ0) is 14.8. The van der Waals surface area contributed by atoms with E-state index in [4.69, 9.17) is 23.2 Å². The van der Waals surface area contributed by atoms with Crippen molar-refractivity contribution < 1.29 is 27.8 Å². The fraction of sp³-hybridized carbons (Fsp3) is 0.900. The number of hydrogen-bond donors (Lipinski definition) is 1. The van der Waals surface area contributed by atoms with Crippen molar-refractivity contribution in [1.29, 1.82) is 0 Å². The molecule has 0 saturated heterocycles. The number of methoxy groups -OCH3 is 1. The van der Waals surface area contributed by atoms with Crippen LogP contribution in [0.25, 0.3) is 0 Å². The fourth-order valence-electron chi connectivity index (χ4n) is 1.38. The molecule has 0 bridgehead atoms. The molecule has 0 aliphatic carbocycles. The van der Waals surface area contributed by atoms with Crippen molar-refractivity contribution >= 4 is 29.2 Å². The van der Waals surface area contributed by atoms with Crippen LogP contribution >= 0.6 is 23.2 Å². The van der Waals surface area contributed by atoms with Gasteiger partial charge in [-0.15, -0.1) is 0 Å². The van der Waals surface area contributed by atoms with Crippen LogP contribution in [0.3, 0.4) is 0 Å². The Morgan fingerprint density at radius 3 is 2.11 bits per heavy atom. The van der Waals surface area contributed by atoms with Crippen molar-refractivity contribution in [1.82, 2.24) is 0 Å². The van der Waals surface area contributed by atoms with Gasteiger partial charge in [0.25, 0.3) is 0 Å². The molecule has 0 aliphatic heterocycles. The summed E-state index contributed by atoms with van der Waals surface area (Å²) in [5, 5.41) is 9.50. The molecule has 0 saturated carbocycles. The van der Waals surface area contributed by atoms with Gasteiger partial charge in [-0.1, -0.05) is 37.0 Å². The van der Waals surface area contributed by atoms with Crippen LogP contribution in [-0.2, 0) is 9.53 Å². The lowest BCUT2D eigenvalue weighted by Crippen LogP contribution is -2.47. The third-order valence-electron chi connectivity index (χ3n) is 2.39. The molecular weight excluding hydrogens is 296 g/mol. The third kappa shape index (κ3) is 4.82. The van der Waals surface area contributed by atoms with E-state index in [-0.39, 0.29) is 6.42 Å². The van der Waals surface area contributed by atoms with E-state index >= 15 is 0 Å². The maximum atomic E-state index is 12.5. The Morgan fingerprint density at radius 1 is 1.33 bits per heavy atom. The summed E-state index contributed by atoms with van der Waals surface area (Å²) in [6, 6.07) is 0. The normalized spacial score (nSPS) is 15.4. The summed E-state index contributed by atoms with van der Waals surface area (Å²) in [5.74, 6) is -0.589. The molecule has 0 radical (unpaired) electrons. The summed E-state index contributed by atoms with van der Waals surface area (Å²) in [5.41, 5.74) is -0.924. The van der Waals surface area contributed by atoms with E-state index in [2.05, 4.69) is 4.74 Å². The van der Waals surface area contributed by atoms with Gasteiger partial charge in [0.1, 0.15) is 0 Å². The number of halogens is 5. The zero-order valence-corrected chi connectivity index (χ0v) is 11.7. The van der Waals surface area contributed by atoms with Gasteiger partial charge in [0.05, 0.1) is 19.6 Å². The highest BCUT2D eigenvalue weighted by atomic mass is 35.5. The molecular formula is C10H15Cl2F3O3. The number of carbonyl (C=O) groups is 1. The molecule has 1 atom stereocenters. The van der Waals surface area contributed by atoms with Crippen molar-refractivity contribution in [2.75, 3.05) is 7.11 Å². The lowest BCUT2D eigenvalue weighted by atomic mass is 9.82. The Labute approximate surface area is 113 Å². The van der Waals surface area contributed by atoms with E-state index in [1.165, 1.54) is 13.8 Å². The molecule has 0 fully saturated rings. The Hall–Kier alpha value is -0.200. The lowest BCUT2D eigenvalue weighted by molar-refractivity contribution is -0.165. The van der Waals surface area contributed by atoms with Crippen molar-refractivity contribution in [2.45, 2.75) is 43.3 Å². The van der Waals surface area contributed by atoms with Gasteiger partial charge in [-0.3, -0.25) is 4.79 Å². The van der Waals surface area contributed by atoms with Crippen LogP contribution in [0.2, 0.25) is 0 Å². The molecule has 0 amide bonds. The van der Waals surface area contributed by atoms with Gasteiger partial charge in [-0.25, -0.2) is 0 Å². The number of alkyl halides is 5. The SMILES string of the molecule is COC(=O)CC(C)(C)CC(O)C(Cl)(Cl)C(F)(F)F. The highest BCUT2D eigenvalue weighted by Crippen LogP contribution is 2.45. The molecule has 0 aromatic heterocycles. The summed E-state index contributed by atoms with van der Waals surface area (Å²) < 4.78 is 38.6. The topological polar surface area (TPSA) is 46.5 Å². The number of ether oxygens (including phenoxy) is 1. The van der Waals surface area contributed by atoms with Crippen LogP contribution in [0.15, 0.2) is 0 Å². The minimum absolute atomic E-state index is 0.151. The molecule has 0 heterocycles. The van der Waals surface area contributed by atoms with E-state index < -0.39 is 34.4 Å². The molecule has 0 rings (SSSR count). The molecule has 1 unspecified atom stereocenters. The monoisotopic (exact) mass is 310 g/mol. The van der Waals surface area contributed by atoms with Gasteiger partial charge in [0.15, 0.2) is 0 Å². The number of esters is 1. The Kier molecular flexibility index (Phi) is 5.77. The quantitative estimate of drug-likeness (QED) is 0.627. The maximum absolute atomic E-state index is 12.5. The number of rotatable bonds is 5. The minimum atomic E-state index is -4.96. The van der Waals surface area contributed by atoms with Gasteiger partial charge in [-0.2, -0.15) is 13.2 Å². The van der Waals surface area contributed by atoms with Crippen molar-refractivity contribution in [3.05, 3.63) is 0 Å². The fourth-order valence-corrected chi connectivity index (χ4v) is 1.53. The number of hydrogen-bond acceptors (Lipinski definition) is 3. The number of carbonyl (C=O) groups excluding carboxylic acids is 1. The van der Waals surface area contributed by atoms with Crippen molar-refractivity contribution in [3.63, 3.8) is 0 Å². The molecule has 0 aromatic rings. The number of aliphatic hydroxyl groups is 1. The van der Waals surface area contributed by atoms with Crippen LogP contribution in [0.5, 0.6) is 0 Å². The first-order chi connectivity index (χ1) is 7.83. The second kappa shape index (κ2) is 5.84. The molecule has 0 aromatic carbocycles.